The van der Waals surface area contributed by atoms with Crippen molar-refractivity contribution in [1.29, 1.82) is 0 Å². The third-order valence-corrected chi connectivity index (χ3v) is 1.66. The van der Waals surface area contributed by atoms with Gasteiger partial charge in [0, 0.05) is 12.8 Å². The van der Waals surface area contributed by atoms with Crippen molar-refractivity contribution < 1.29 is 0 Å². The van der Waals surface area contributed by atoms with Gasteiger partial charge in [-0.25, -0.2) is 0 Å². The highest BCUT2D eigenvalue weighted by Gasteiger charge is 1.89. The summed E-state index contributed by atoms with van der Waals surface area (Å²) in [5.74, 6) is 0. The number of allylic oxidation sites excluding steroid dienone is 3. The Hall–Kier alpha value is -0.850. The first kappa shape index (κ1) is 11.2. The zero-order valence-electron chi connectivity index (χ0n) is 8.21. The lowest BCUT2D eigenvalue weighted by Gasteiger charge is -1.95. The van der Waals surface area contributed by atoms with Crippen LogP contribution >= 0.6 is 0 Å². The minimum atomic E-state index is 1.01. The summed E-state index contributed by atoms with van der Waals surface area (Å²) in [5, 5.41) is 0. The topological polar surface area (TPSA) is 12.4 Å². The van der Waals surface area contributed by atoms with E-state index < -0.39 is 0 Å². The molecule has 0 aliphatic carbocycles. The van der Waals surface area contributed by atoms with Crippen LogP contribution in [0.4, 0.5) is 0 Å². The molecule has 0 aromatic heterocycles. The molecule has 0 bridgehead atoms. The Balaban J connectivity index is 3.75. The fourth-order valence-electron chi connectivity index (χ4n) is 0.906. The van der Waals surface area contributed by atoms with Crippen molar-refractivity contribution in [3.63, 3.8) is 0 Å². The van der Waals surface area contributed by atoms with E-state index >= 15 is 0 Å². The summed E-state index contributed by atoms with van der Waals surface area (Å²) in [7, 11) is 1.84. The van der Waals surface area contributed by atoms with E-state index in [4.69, 9.17) is 0 Å². The van der Waals surface area contributed by atoms with Crippen molar-refractivity contribution >= 4 is 5.71 Å². The molecule has 0 rings (SSSR count). The number of hydrogen-bond donors (Lipinski definition) is 0. The van der Waals surface area contributed by atoms with Crippen molar-refractivity contribution in [3.8, 4) is 0 Å². The molecule has 0 aromatic carbocycles. The van der Waals surface area contributed by atoms with Gasteiger partial charge in [-0.3, -0.25) is 4.99 Å². The first-order chi connectivity index (χ1) is 5.85. The minimum absolute atomic E-state index is 1.01. The smallest absolute Gasteiger partial charge is 0.0344 e. The predicted molar refractivity (Wildman–Crippen MR) is 56.8 cm³/mol. The molecule has 0 aliphatic rings. The average Bonchev–Trinajstić information content (AvgIpc) is 2.11. The molecule has 0 saturated heterocycles. The molecule has 12 heavy (non-hydrogen) atoms. The highest BCUT2D eigenvalue weighted by Crippen LogP contribution is 1.97. The fraction of sp³-hybridized carbons (Fsp3) is 0.545. The van der Waals surface area contributed by atoms with E-state index in [1.54, 1.807) is 0 Å². The van der Waals surface area contributed by atoms with Gasteiger partial charge in [0.15, 0.2) is 0 Å². The highest BCUT2D eigenvalue weighted by molar-refractivity contribution is 5.94. The number of unbranched alkanes of at least 4 members (excludes halogenated alkanes) is 1. The molecule has 0 aliphatic heterocycles. The molecule has 0 spiro atoms. The zero-order chi connectivity index (χ0) is 9.23. The van der Waals surface area contributed by atoms with Crippen molar-refractivity contribution in [2.45, 2.75) is 32.6 Å². The normalized spacial score (nSPS) is 12.3. The van der Waals surface area contributed by atoms with Crippen LogP contribution in [0, 0.1) is 0 Å². The summed E-state index contributed by atoms with van der Waals surface area (Å²) in [6.07, 6.45) is 10.6. The van der Waals surface area contributed by atoms with Gasteiger partial charge in [-0.1, -0.05) is 25.5 Å². The van der Waals surface area contributed by atoms with Gasteiger partial charge in [0.05, 0.1) is 0 Å². The Kier molecular flexibility index (Phi) is 7.66. The lowest BCUT2D eigenvalue weighted by atomic mass is 10.2. The first-order valence-corrected chi connectivity index (χ1v) is 4.58. The lowest BCUT2D eigenvalue weighted by Crippen LogP contribution is -1.91. The molecule has 0 N–H and O–H groups in total. The van der Waals surface area contributed by atoms with Gasteiger partial charge in [0.1, 0.15) is 0 Å². The largest absolute Gasteiger partial charge is 0.293 e. The molecule has 68 valence electrons. The molecule has 0 atom stereocenters. The molecule has 0 aromatic rings. The molecule has 0 radical (unpaired) electrons. The van der Waals surface area contributed by atoms with Gasteiger partial charge in [-0.2, -0.15) is 0 Å². The summed E-state index contributed by atoms with van der Waals surface area (Å²) >= 11 is 0. The molecule has 0 amide bonds. The zero-order valence-corrected chi connectivity index (χ0v) is 8.21. The van der Waals surface area contributed by atoms with Crippen LogP contribution in [0.1, 0.15) is 32.6 Å². The van der Waals surface area contributed by atoms with Crippen LogP contribution in [0.25, 0.3) is 0 Å². The molecule has 0 saturated carbocycles. The molecular formula is C11H19N. The van der Waals surface area contributed by atoms with Gasteiger partial charge < -0.3 is 0 Å². The predicted octanol–water partition coefficient (Wildman–Crippen LogP) is 3.38. The Morgan fingerprint density at radius 3 is 2.67 bits per heavy atom. The Labute approximate surface area is 75.9 Å². The number of nitrogens with zero attached hydrogens (tertiary/aromatic N) is 1. The van der Waals surface area contributed by atoms with Gasteiger partial charge in [0.2, 0.25) is 0 Å². The van der Waals surface area contributed by atoms with Gasteiger partial charge >= 0.3 is 0 Å². The average molecular weight is 165 g/mol. The number of aliphatic imine (C=N–C) groups is 1. The van der Waals surface area contributed by atoms with Crippen LogP contribution in [0.2, 0.25) is 0 Å². The van der Waals surface area contributed by atoms with Crippen LogP contribution in [0.5, 0.6) is 0 Å². The van der Waals surface area contributed by atoms with Crippen molar-refractivity contribution in [2.24, 2.45) is 4.99 Å². The summed E-state index contributed by atoms with van der Waals surface area (Å²) in [5.41, 5.74) is 1.17. The molecule has 1 heteroatoms. The molecule has 0 fully saturated rings. The van der Waals surface area contributed by atoms with Crippen molar-refractivity contribution in [1.82, 2.24) is 0 Å². The van der Waals surface area contributed by atoms with E-state index in [0.29, 0.717) is 0 Å². The Morgan fingerprint density at radius 2 is 2.17 bits per heavy atom. The maximum Gasteiger partial charge on any atom is 0.0344 e. The third-order valence-electron chi connectivity index (χ3n) is 1.66. The maximum absolute atomic E-state index is 4.18. The Bertz CT molecular complexity index is 166. The fourth-order valence-corrected chi connectivity index (χ4v) is 0.906. The van der Waals surface area contributed by atoms with Crippen molar-refractivity contribution in [3.05, 3.63) is 24.8 Å². The number of hydrogen-bond acceptors (Lipinski definition) is 1. The number of rotatable bonds is 6. The van der Waals surface area contributed by atoms with E-state index in [1.807, 2.05) is 13.1 Å². The Morgan fingerprint density at radius 1 is 1.42 bits per heavy atom. The molecule has 0 heterocycles. The van der Waals surface area contributed by atoms with Crippen LogP contribution in [0.3, 0.4) is 0 Å². The second-order valence-electron chi connectivity index (χ2n) is 2.73. The lowest BCUT2D eigenvalue weighted by molar-refractivity contribution is 0.958. The highest BCUT2D eigenvalue weighted by atomic mass is 14.7. The second-order valence-corrected chi connectivity index (χ2v) is 2.73. The van der Waals surface area contributed by atoms with Crippen LogP contribution in [-0.4, -0.2) is 12.8 Å². The van der Waals surface area contributed by atoms with Crippen LogP contribution < -0.4 is 0 Å². The molecule has 1 nitrogen and oxygen atoms in total. The van der Waals surface area contributed by atoms with Crippen LogP contribution in [0.15, 0.2) is 29.8 Å². The van der Waals surface area contributed by atoms with E-state index in [-0.39, 0.29) is 0 Å². The van der Waals surface area contributed by atoms with Gasteiger partial charge in [0.25, 0.3) is 0 Å². The van der Waals surface area contributed by atoms with Gasteiger partial charge in [-0.05, 0) is 25.3 Å². The first-order valence-electron chi connectivity index (χ1n) is 4.58. The molecular weight excluding hydrogens is 146 g/mol. The summed E-state index contributed by atoms with van der Waals surface area (Å²) in [6, 6.07) is 0. The second kappa shape index (κ2) is 8.25. The molecule has 0 unspecified atom stereocenters. The van der Waals surface area contributed by atoms with Crippen LogP contribution in [-0.2, 0) is 0 Å². The summed E-state index contributed by atoms with van der Waals surface area (Å²) in [4.78, 5) is 4.18. The standard InChI is InChI=1S/C11H19N/c1-4-6-8-10-11(12-3)9-7-5-2/h5,8,10H,2,4,6-7,9H2,1,3H3/b10-8-,12-11?. The van der Waals surface area contributed by atoms with E-state index in [2.05, 4.69) is 30.6 Å². The minimum Gasteiger partial charge on any atom is -0.293 e. The third kappa shape index (κ3) is 5.90. The van der Waals surface area contributed by atoms with E-state index in [9.17, 15) is 0 Å². The SMILES string of the molecule is C=CCCC(/C=C\CCC)=NC. The summed E-state index contributed by atoms with van der Waals surface area (Å²) < 4.78 is 0. The van der Waals surface area contributed by atoms with Gasteiger partial charge in [-0.15, -0.1) is 6.58 Å². The van der Waals surface area contributed by atoms with E-state index in [0.717, 1.165) is 19.3 Å². The quantitative estimate of drug-likeness (QED) is 0.422. The summed E-state index contributed by atoms with van der Waals surface area (Å²) in [6.45, 7) is 5.86. The maximum atomic E-state index is 4.18. The monoisotopic (exact) mass is 165 g/mol. The van der Waals surface area contributed by atoms with Crippen molar-refractivity contribution in [2.75, 3.05) is 7.05 Å². The van der Waals surface area contributed by atoms with E-state index in [1.165, 1.54) is 12.1 Å².